The molecule has 3 fully saturated rings. The van der Waals surface area contributed by atoms with E-state index in [-0.39, 0.29) is 11.3 Å². The highest BCUT2D eigenvalue weighted by molar-refractivity contribution is 8.01. The Kier molecular flexibility index (Phi) is 6.15. The quantitative estimate of drug-likeness (QED) is 0.355. The van der Waals surface area contributed by atoms with Crippen LogP contribution in [0.3, 0.4) is 0 Å². The molecule has 0 unspecified atom stereocenters. The topological polar surface area (TPSA) is 108 Å². The molecule has 0 aromatic heterocycles. The average Bonchev–Trinajstić information content (AvgIpc) is 3.34. The van der Waals surface area contributed by atoms with E-state index in [0.717, 1.165) is 25.7 Å². The maximum absolute atomic E-state index is 14.6. The number of β-lactam (4-membered cyclic amide) rings is 1. The van der Waals surface area contributed by atoms with Gasteiger partial charge in [0.1, 0.15) is 28.9 Å². The molecule has 3 aliphatic rings. The summed E-state index contributed by atoms with van der Waals surface area (Å²) in [4.78, 5) is 44.8. The summed E-state index contributed by atoms with van der Waals surface area (Å²) >= 11 is 1.32. The summed E-state index contributed by atoms with van der Waals surface area (Å²) < 4.78 is 13.9. The van der Waals surface area contributed by atoms with Crippen molar-refractivity contribution in [1.29, 1.82) is 0 Å². The molecule has 2 aliphatic heterocycles. The van der Waals surface area contributed by atoms with Gasteiger partial charge in [0.25, 0.3) is 5.91 Å². The number of carbonyl (C=O) groups excluding carboxylic acids is 2. The van der Waals surface area contributed by atoms with Crippen molar-refractivity contribution in [1.82, 2.24) is 10.2 Å². The first-order valence-electron chi connectivity index (χ1n) is 11.1. The average molecular weight is 478 g/mol. The van der Waals surface area contributed by atoms with Crippen LogP contribution in [0.4, 0.5) is 4.39 Å². The second-order valence-electron chi connectivity index (χ2n) is 9.30. The highest BCUT2D eigenvalue weighted by Crippen LogP contribution is 2.50. The third kappa shape index (κ3) is 4.09. The van der Waals surface area contributed by atoms with E-state index in [2.05, 4.69) is 10.5 Å². The third-order valence-corrected chi connectivity index (χ3v) is 8.37. The predicted octanol–water partition coefficient (Wildman–Crippen LogP) is 2.90. The lowest BCUT2D eigenvalue weighted by atomic mass is 9.96. The molecule has 2 amide bonds. The van der Waals surface area contributed by atoms with Gasteiger partial charge >= 0.3 is 5.97 Å². The van der Waals surface area contributed by atoms with Crippen LogP contribution >= 0.6 is 11.8 Å². The first kappa shape index (κ1) is 23.5. The van der Waals surface area contributed by atoms with E-state index in [9.17, 15) is 23.9 Å². The Labute approximate surface area is 195 Å². The van der Waals surface area contributed by atoms with Gasteiger partial charge in [-0.1, -0.05) is 24.2 Å². The second kappa shape index (κ2) is 8.62. The molecule has 0 spiro atoms. The number of hydrogen-bond acceptors (Lipinski definition) is 6. The summed E-state index contributed by atoms with van der Waals surface area (Å²) in [5.41, 5.74) is -0.748. The van der Waals surface area contributed by atoms with Crippen LogP contribution in [0.5, 0.6) is 0 Å². The number of amides is 2. The van der Waals surface area contributed by atoms with Crippen molar-refractivity contribution in [2.24, 2.45) is 5.16 Å². The van der Waals surface area contributed by atoms with Crippen LogP contribution in [0.25, 0.3) is 0 Å². The van der Waals surface area contributed by atoms with Gasteiger partial charge in [0.05, 0.1) is 0 Å². The van der Waals surface area contributed by atoms with Gasteiger partial charge in [-0.05, 0) is 58.1 Å². The summed E-state index contributed by atoms with van der Waals surface area (Å²) in [6.45, 7) is 5.50. The van der Waals surface area contributed by atoms with Crippen molar-refractivity contribution < 1.29 is 28.7 Å². The van der Waals surface area contributed by atoms with Crippen LogP contribution in [0.2, 0.25) is 0 Å². The van der Waals surface area contributed by atoms with E-state index < -0.39 is 51.4 Å². The highest BCUT2D eigenvalue weighted by Gasteiger charge is 2.64. The van der Waals surface area contributed by atoms with Crippen molar-refractivity contribution in [2.75, 3.05) is 0 Å². The van der Waals surface area contributed by atoms with Crippen LogP contribution < -0.4 is 5.32 Å². The number of nitrogens with zero attached hydrogens (tertiary/aromatic N) is 2. The molecular formula is C23H28FN3O5S. The number of aliphatic carboxylic acids is 1. The van der Waals surface area contributed by atoms with E-state index in [4.69, 9.17) is 4.84 Å². The van der Waals surface area contributed by atoms with Crippen molar-refractivity contribution >= 4 is 35.3 Å². The van der Waals surface area contributed by atoms with Crippen LogP contribution in [-0.2, 0) is 19.2 Å². The summed E-state index contributed by atoms with van der Waals surface area (Å²) in [6, 6.07) is 3.86. The Bertz CT molecular complexity index is 1010. The van der Waals surface area contributed by atoms with Gasteiger partial charge in [0, 0.05) is 10.3 Å². The second-order valence-corrected chi connectivity index (χ2v) is 11.1. The largest absolute Gasteiger partial charge is 0.480 e. The Balaban J connectivity index is 1.58. The minimum absolute atomic E-state index is 0.0225. The molecule has 0 radical (unpaired) electrons. The number of fused-ring (bicyclic) bond motifs is 1. The Morgan fingerprint density at radius 3 is 2.58 bits per heavy atom. The standard InChI is InChI=1S/C23H28FN3O5S/c1-4-23(11-7-8-12-23)32-26-15(13-9-5-6-10-14(13)24)18(28)25-16-19(29)27-17(21(30)31)22(2,3)33-20(16)27/h5-6,9-10,16-17,20H,4,7-8,11-12H2,1-3H3,(H,25,28)(H,30,31)/b26-15-/t16-,17-,20+/m0/s1. The zero-order chi connectivity index (χ0) is 24.0. The van der Waals surface area contributed by atoms with Gasteiger partial charge in [0.2, 0.25) is 5.91 Å². The van der Waals surface area contributed by atoms with Crippen LogP contribution in [0.15, 0.2) is 29.4 Å². The van der Waals surface area contributed by atoms with Gasteiger partial charge in [-0.3, -0.25) is 9.59 Å². The Hall–Kier alpha value is -2.62. The molecule has 1 aliphatic carbocycles. The molecule has 2 N–H and O–H groups in total. The van der Waals surface area contributed by atoms with Gasteiger partial charge in [-0.15, -0.1) is 11.8 Å². The van der Waals surface area contributed by atoms with Crippen LogP contribution in [0.1, 0.15) is 58.4 Å². The lowest BCUT2D eigenvalue weighted by Crippen LogP contribution is -2.71. The fourth-order valence-corrected chi connectivity index (χ4v) is 6.52. The molecule has 33 heavy (non-hydrogen) atoms. The van der Waals surface area contributed by atoms with Crippen molar-refractivity contribution in [3.8, 4) is 0 Å². The van der Waals surface area contributed by atoms with Gasteiger partial charge in [-0.25, -0.2) is 9.18 Å². The number of benzene rings is 1. The maximum atomic E-state index is 14.6. The van der Waals surface area contributed by atoms with Crippen LogP contribution in [-0.4, -0.2) is 61.3 Å². The number of carbonyl (C=O) groups is 3. The van der Waals surface area contributed by atoms with Gasteiger partial charge < -0.3 is 20.2 Å². The number of nitrogens with one attached hydrogen (secondary N) is 1. The summed E-state index contributed by atoms with van der Waals surface area (Å²) in [5.74, 6) is -2.93. The summed E-state index contributed by atoms with van der Waals surface area (Å²) in [6.07, 6.45) is 4.31. The fraction of sp³-hybridized carbons (Fsp3) is 0.565. The lowest BCUT2D eigenvalue weighted by Gasteiger charge is -2.43. The van der Waals surface area contributed by atoms with Gasteiger partial charge in [-0.2, -0.15) is 0 Å². The minimum atomic E-state index is -1.09. The molecule has 3 atom stereocenters. The third-order valence-electron chi connectivity index (χ3n) is 6.80. The van der Waals surface area contributed by atoms with E-state index in [1.54, 1.807) is 19.9 Å². The monoisotopic (exact) mass is 477 g/mol. The van der Waals surface area contributed by atoms with Crippen molar-refractivity contribution in [3.63, 3.8) is 0 Å². The van der Waals surface area contributed by atoms with E-state index >= 15 is 0 Å². The lowest BCUT2D eigenvalue weighted by molar-refractivity contribution is -0.160. The Morgan fingerprint density at radius 2 is 1.97 bits per heavy atom. The van der Waals surface area contributed by atoms with Gasteiger partial charge in [0.15, 0.2) is 5.71 Å². The molecule has 8 nitrogen and oxygen atoms in total. The predicted molar refractivity (Wildman–Crippen MR) is 121 cm³/mol. The smallest absolute Gasteiger partial charge is 0.327 e. The number of hydrogen-bond donors (Lipinski definition) is 2. The summed E-state index contributed by atoms with van der Waals surface area (Å²) in [7, 11) is 0. The number of thioether (sulfide) groups is 1. The van der Waals surface area contributed by atoms with Crippen molar-refractivity contribution in [2.45, 2.75) is 80.7 Å². The number of oxime groups is 1. The molecule has 1 saturated carbocycles. The van der Waals surface area contributed by atoms with Crippen LogP contribution in [0, 0.1) is 5.82 Å². The molecule has 0 bridgehead atoms. The summed E-state index contributed by atoms with van der Waals surface area (Å²) in [5, 5.41) is 15.8. The molecule has 4 rings (SSSR count). The highest BCUT2D eigenvalue weighted by atomic mass is 32.2. The molecule has 1 aromatic carbocycles. The Morgan fingerprint density at radius 1 is 1.30 bits per heavy atom. The first-order valence-corrected chi connectivity index (χ1v) is 12.0. The minimum Gasteiger partial charge on any atom is -0.480 e. The normalized spacial score (nSPS) is 27.6. The number of rotatable bonds is 7. The molecule has 178 valence electrons. The first-order chi connectivity index (χ1) is 15.6. The number of halogens is 1. The van der Waals surface area contributed by atoms with E-state index in [1.165, 1.54) is 34.9 Å². The molecule has 10 heteroatoms. The van der Waals surface area contributed by atoms with E-state index in [0.29, 0.717) is 6.42 Å². The molecule has 2 heterocycles. The molecular weight excluding hydrogens is 449 g/mol. The van der Waals surface area contributed by atoms with E-state index in [1.807, 2.05) is 6.92 Å². The number of carboxylic acid groups (broad SMARTS) is 1. The fourth-order valence-electron chi connectivity index (χ4n) is 4.89. The maximum Gasteiger partial charge on any atom is 0.327 e. The molecule has 1 aromatic rings. The number of carboxylic acids is 1. The SMILES string of the molecule is CCC1(O/N=C(\C(=O)N[C@H]2C(=O)N3[C@@H]2SC(C)(C)[C@@H]3C(=O)O)c2ccccc2F)CCCC1. The van der Waals surface area contributed by atoms with Crippen molar-refractivity contribution in [3.05, 3.63) is 35.6 Å². The zero-order valence-corrected chi connectivity index (χ0v) is 19.7. The molecule has 2 saturated heterocycles. The zero-order valence-electron chi connectivity index (χ0n) is 18.8.